The summed E-state index contributed by atoms with van der Waals surface area (Å²) in [6.07, 6.45) is 3.29. The molecule has 1 saturated heterocycles. The Morgan fingerprint density at radius 2 is 1.36 bits per heavy atom. The van der Waals surface area contributed by atoms with E-state index in [-0.39, 0.29) is 53.7 Å². The smallest absolute Gasteiger partial charge is 0.387 e. The van der Waals surface area contributed by atoms with Crippen LogP contribution in [0.15, 0.2) is 69.5 Å². The highest BCUT2D eigenvalue weighted by atomic mass is 19.3. The van der Waals surface area contributed by atoms with E-state index in [9.17, 15) is 27.5 Å². The summed E-state index contributed by atoms with van der Waals surface area (Å²) >= 11 is 0. The van der Waals surface area contributed by atoms with Crippen molar-refractivity contribution in [2.24, 2.45) is 0 Å². The quantitative estimate of drug-likeness (QED) is 0.0887. The van der Waals surface area contributed by atoms with Gasteiger partial charge in [-0.05, 0) is 106 Å². The van der Waals surface area contributed by atoms with Crippen LogP contribution in [0, 0.1) is 13.8 Å². The maximum atomic E-state index is 13.6. The van der Waals surface area contributed by atoms with Crippen molar-refractivity contribution in [2.45, 2.75) is 90.5 Å². The lowest BCUT2D eigenvalue weighted by atomic mass is 9.91. The SMILES string of the molecule is COC(=O)[C@@H]1CCCN1Cc1cc2nc(-c3cccc(-c4cccc(-c5nc6cc(CN(C)[C@@H]7CCC[C@@H]7O)c(OC(F)F)cc6o5)c4C)c3C)oc2cc1OC(F)F. The van der Waals surface area contributed by atoms with E-state index < -0.39 is 25.4 Å². The summed E-state index contributed by atoms with van der Waals surface area (Å²) in [6.45, 7) is -1.18. The number of rotatable bonds is 13. The Kier molecular flexibility index (Phi) is 11.3. The number of ether oxygens (including phenoxy) is 3. The first-order valence-corrected chi connectivity index (χ1v) is 19.6. The molecule has 0 bridgehead atoms. The van der Waals surface area contributed by atoms with Gasteiger partial charge < -0.3 is 28.2 Å². The van der Waals surface area contributed by atoms with Crippen molar-refractivity contribution in [1.29, 1.82) is 0 Å². The van der Waals surface area contributed by atoms with E-state index in [1.807, 2.05) is 67.1 Å². The fourth-order valence-corrected chi connectivity index (χ4v) is 8.66. The molecule has 0 unspecified atom stereocenters. The van der Waals surface area contributed by atoms with Gasteiger partial charge in [0.25, 0.3) is 0 Å². The first kappa shape index (κ1) is 40.3. The van der Waals surface area contributed by atoms with Gasteiger partial charge in [0.15, 0.2) is 11.2 Å². The number of nitrogens with zero attached hydrogens (tertiary/aromatic N) is 4. The van der Waals surface area contributed by atoms with Crippen LogP contribution in [-0.4, -0.2) is 83.0 Å². The van der Waals surface area contributed by atoms with Crippen LogP contribution in [-0.2, 0) is 22.6 Å². The third kappa shape index (κ3) is 8.10. The molecule has 0 radical (unpaired) electrons. The number of likely N-dealkylation sites (tertiary alicyclic amines) is 1. The Morgan fingerprint density at radius 3 is 1.88 bits per heavy atom. The highest BCUT2D eigenvalue weighted by Gasteiger charge is 2.33. The van der Waals surface area contributed by atoms with Gasteiger partial charge in [-0.2, -0.15) is 17.6 Å². The molecule has 0 amide bonds. The van der Waals surface area contributed by atoms with E-state index in [2.05, 4.69) is 0 Å². The summed E-state index contributed by atoms with van der Waals surface area (Å²) in [7, 11) is 3.19. The number of esters is 1. The summed E-state index contributed by atoms with van der Waals surface area (Å²) in [5.41, 5.74) is 7.23. The average molecular weight is 817 g/mol. The number of alkyl halides is 4. The summed E-state index contributed by atoms with van der Waals surface area (Å²) in [6, 6.07) is 17.1. The molecule has 1 saturated carbocycles. The minimum Gasteiger partial charge on any atom is -0.468 e. The number of halogens is 4. The van der Waals surface area contributed by atoms with E-state index >= 15 is 0 Å². The number of likely N-dealkylation sites (N-methyl/N-ethyl adjacent to an activating group) is 1. The standard InChI is InChI=1S/C44H44F4N4O7/c1-23-27(9-5-11-29(23)40-49-31-17-25(21-51(3)33-13-7-15-35(33)53)36(58-43(45)46)19-38(31)56-40)28-10-6-12-30(24(28)2)41-50-32-18-26(37(59-44(47)48)20-39(32)57-41)22-52-16-8-14-34(52)42(54)55-4/h5-6,9-12,17-20,33-35,43-44,53H,7-8,13-16,21-22H2,1-4H3/t33-,34+,35+/m1/s1. The number of aliphatic hydroxyl groups is 1. The van der Waals surface area contributed by atoms with Gasteiger partial charge in [-0.15, -0.1) is 0 Å². The molecule has 2 fully saturated rings. The van der Waals surface area contributed by atoms with Gasteiger partial charge >= 0.3 is 19.2 Å². The van der Waals surface area contributed by atoms with Gasteiger partial charge in [0.1, 0.15) is 28.6 Å². The molecule has 3 heterocycles. The summed E-state index contributed by atoms with van der Waals surface area (Å²) in [5.74, 6) is 0.134. The molecule has 1 aliphatic carbocycles. The number of carbonyl (C=O) groups excluding carboxylic acids is 1. The molecule has 1 N–H and O–H groups in total. The average Bonchev–Trinajstić information content (AvgIpc) is 4.01. The van der Waals surface area contributed by atoms with Crippen LogP contribution in [0.3, 0.4) is 0 Å². The molecule has 2 aromatic heterocycles. The predicted molar refractivity (Wildman–Crippen MR) is 211 cm³/mol. The predicted octanol–water partition coefficient (Wildman–Crippen LogP) is 9.27. The summed E-state index contributed by atoms with van der Waals surface area (Å²) in [5, 5.41) is 10.4. The minimum atomic E-state index is -3.07. The second-order valence-corrected chi connectivity index (χ2v) is 15.2. The number of carbonyl (C=O) groups is 1. The molecule has 8 rings (SSSR count). The molecule has 310 valence electrons. The van der Waals surface area contributed by atoms with E-state index in [0.717, 1.165) is 41.5 Å². The Bertz CT molecular complexity index is 2500. The van der Waals surface area contributed by atoms with Gasteiger partial charge in [0, 0.05) is 53.5 Å². The van der Waals surface area contributed by atoms with Crippen LogP contribution in [0.25, 0.3) is 56.2 Å². The van der Waals surface area contributed by atoms with Crippen molar-refractivity contribution in [3.8, 4) is 45.5 Å². The van der Waals surface area contributed by atoms with E-state index in [0.29, 0.717) is 58.6 Å². The van der Waals surface area contributed by atoms with Gasteiger partial charge in [-0.3, -0.25) is 14.6 Å². The van der Waals surface area contributed by atoms with Gasteiger partial charge in [-0.25, -0.2) is 9.97 Å². The molecule has 6 aromatic rings. The number of aliphatic hydroxyl groups excluding tert-OH is 1. The van der Waals surface area contributed by atoms with Crippen LogP contribution < -0.4 is 9.47 Å². The number of methoxy groups -OCH3 is 1. The topological polar surface area (TPSA) is 124 Å². The van der Waals surface area contributed by atoms with Gasteiger partial charge in [0.2, 0.25) is 11.8 Å². The third-order valence-corrected chi connectivity index (χ3v) is 11.6. The highest BCUT2D eigenvalue weighted by molar-refractivity contribution is 5.85. The molecule has 2 aliphatic rings. The molecule has 1 aliphatic heterocycles. The van der Waals surface area contributed by atoms with Crippen molar-refractivity contribution in [3.05, 3.63) is 82.9 Å². The number of benzene rings is 4. The number of fused-ring (bicyclic) bond motifs is 2. The van der Waals surface area contributed by atoms with E-state index in [4.69, 9.17) is 33.0 Å². The molecule has 4 aromatic carbocycles. The van der Waals surface area contributed by atoms with Crippen LogP contribution in [0.2, 0.25) is 0 Å². The first-order valence-electron chi connectivity index (χ1n) is 19.6. The van der Waals surface area contributed by atoms with Crippen molar-refractivity contribution < 1.29 is 50.5 Å². The Labute approximate surface area is 337 Å². The molecular formula is C44H44F4N4O7. The van der Waals surface area contributed by atoms with Crippen LogP contribution in [0.5, 0.6) is 11.5 Å². The summed E-state index contributed by atoms with van der Waals surface area (Å²) in [4.78, 5) is 25.8. The number of aromatic nitrogens is 2. The molecular weight excluding hydrogens is 772 g/mol. The molecule has 11 nitrogen and oxygen atoms in total. The molecule has 59 heavy (non-hydrogen) atoms. The minimum absolute atomic E-state index is 0.0144. The van der Waals surface area contributed by atoms with Gasteiger partial charge in [-0.1, -0.05) is 24.3 Å². The van der Waals surface area contributed by atoms with Crippen LogP contribution >= 0.6 is 0 Å². The molecule has 15 heteroatoms. The second kappa shape index (κ2) is 16.6. The normalized spacial score (nSPS) is 18.6. The van der Waals surface area contributed by atoms with Crippen molar-refractivity contribution in [3.63, 3.8) is 0 Å². The van der Waals surface area contributed by atoms with Gasteiger partial charge in [0.05, 0.1) is 13.2 Å². The first-order chi connectivity index (χ1) is 28.4. The monoisotopic (exact) mass is 816 g/mol. The zero-order chi connectivity index (χ0) is 41.5. The third-order valence-electron chi connectivity index (χ3n) is 11.6. The van der Waals surface area contributed by atoms with Crippen molar-refractivity contribution >= 4 is 28.2 Å². The van der Waals surface area contributed by atoms with E-state index in [1.165, 1.54) is 19.2 Å². The van der Waals surface area contributed by atoms with Crippen LogP contribution in [0.4, 0.5) is 17.6 Å². The number of oxazole rings is 2. The lowest BCUT2D eigenvalue weighted by Crippen LogP contribution is -2.37. The Morgan fingerprint density at radius 1 is 0.814 bits per heavy atom. The second-order valence-electron chi connectivity index (χ2n) is 15.2. The van der Waals surface area contributed by atoms with E-state index in [1.54, 1.807) is 12.1 Å². The highest BCUT2D eigenvalue weighted by Crippen LogP contribution is 2.40. The Balaban J connectivity index is 1.11. The number of hydrogen-bond acceptors (Lipinski definition) is 11. The molecule has 0 spiro atoms. The lowest BCUT2D eigenvalue weighted by Gasteiger charge is -2.27. The largest absolute Gasteiger partial charge is 0.468 e. The van der Waals surface area contributed by atoms with Crippen LogP contribution in [0.1, 0.15) is 54.4 Å². The number of hydrogen-bond donors (Lipinski definition) is 1. The fourth-order valence-electron chi connectivity index (χ4n) is 8.66. The maximum Gasteiger partial charge on any atom is 0.387 e. The zero-order valence-corrected chi connectivity index (χ0v) is 33.0. The fraction of sp³-hybridized carbons (Fsp3) is 0.386. The molecule has 3 atom stereocenters. The maximum absolute atomic E-state index is 13.6. The van der Waals surface area contributed by atoms with Crippen molar-refractivity contribution in [1.82, 2.24) is 19.8 Å². The zero-order valence-electron chi connectivity index (χ0n) is 33.0. The Hall–Kier alpha value is -5.51. The lowest BCUT2D eigenvalue weighted by molar-refractivity contribution is -0.146. The van der Waals surface area contributed by atoms with Crippen molar-refractivity contribution in [2.75, 3.05) is 20.7 Å². The summed E-state index contributed by atoms with van der Waals surface area (Å²) < 4.78 is 81.5.